The Morgan fingerprint density at radius 1 is 1.38 bits per heavy atom. The predicted octanol–water partition coefficient (Wildman–Crippen LogP) is 3.67. The van der Waals surface area contributed by atoms with Crippen LogP contribution < -0.4 is 0 Å². The van der Waals surface area contributed by atoms with E-state index in [0.717, 1.165) is 0 Å². The lowest BCUT2D eigenvalue weighted by atomic mass is 10.1. The Morgan fingerprint density at radius 3 is 2.44 bits per heavy atom. The monoisotopic (exact) mass is 302 g/mol. The molecule has 0 aliphatic rings. The van der Waals surface area contributed by atoms with Gasteiger partial charge in [0, 0.05) is 17.7 Å². The SMILES string of the molecule is O=[N+]([O-])c1ccc(-c2noc(Cl)c2Br)cc1. The maximum atomic E-state index is 10.5. The maximum Gasteiger partial charge on any atom is 0.269 e. The van der Waals surface area contributed by atoms with Crippen molar-refractivity contribution in [3.8, 4) is 11.3 Å². The molecule has 1 aromatic carbocycles. The second kappa shape index (κ2) is 4.23. The molecule has 0 saturated heterocycles. The first-order valence-corrected chi connectivity index (χ1v) is 5.32. The minimum Gasteiger partial charge on any atom is -0.343 e. The summed E-state index contributed by atoms with van der Waals surface area (Å²) in [6.07, 6.45) is 0. The summed E-state index contributed by atoms with van der Waals surface area (Å²) in [7, 11) is 0. The lowest BCUT2D eigenvalue weighted by Gasteiger charge is -1.95. The van der Waals surface area contributed by atoms with Crippen molar-refractivity contribution in [2.24, 2.45) is 0 Å². The van der Waals surface area contributed by atoms with E-state index in [0.29, 0.717) is 15.7 Å². The maximum absolute atomic E-state index is 10.5. The summed E-state index contributed by atoms with van der Waals surface area (Å²) >= 11 is 8.89. The van der Waals surface area contributed by atoms with Gasteiger partial charge in [0.25, 0.3) is 5.69 Å². The molecular weight excluding hydrogens is 299 g/mol. The molecule has 0 unspecified atom stereocenters. The van der Waals surface area contributed by atoms with Gasteiger partial charge in [-0.05, 0) is 39.7 Å². The molecule has 0 atom stereocenters. The van der Waals surface area contributed by atoms with Crippen molar-refractivity contribution >= 4 is 33.2 Å². The van der Waals surface area contributed by atoms with Crippen molar-refractivity contribution in [3.05, 3.63) is 44.1 Å². The zero-order chi connectivity index (χ0) is 11.7. The van der Waals surface area contributed by atoms with Gasteiger partial charge in [-0.1, -0.05) is 5.16 Å². The summed E-state index contributed by atoms with van der Waals surface area (Å²) in [6.45, 7) is 0. The minimum absolute atomic E-state index is 0.0227. The van der Waals surface area contributed by atoms with Gasteiger partial charge in [0.05, 0.1) is 4.92 Å². The fourth-order valence-corrected chi connectivity index (χ4v) is 1.68. The molecule has 2 rings (SSSR count). The number of rotatable bonds is 2. The summed E-state index contributed by atoms with van der Waals surface area (Å²) < 4.78 is 5.29. The number of non-ortho nitro benzene ring substituents is 1. The quantitative estimate of drug-likeness (QED) is 0.627. The van der Waals surface area contributed by atoms with Crippen LogP contribution in [0.3, 0.4) is 0 Å². The summed E-state index contributed by atoms with van der Waals surface area (Å²) in [5, 5.41) is 14.3. The first-order chi connectivity index (χ1) is 7.59. The standard InChI is InChI=1S/C9H4BrClN2O3/c10-7-8(12-16-9(7)11)5-1-3-6(4-2-5)13(14)15/h1-4H. The molecule has 0 fully saturated rings. The highest BCUT2D eigenvalue weighted by molar-refractivity contribution is 9.10. The van der Waals surface area contributed by atoms with E-state index in [-0.39, 0.29) is 10.9 Å². The van der Waals surface area contributed by atoms with Crippen molar-refractivity contribution in [1.29, 1.82) is 0 Å². The van der Waals surface area contributed by atoms with E-state index in [1.165, 1.54) is 12.1 Å². The number of benzene rings is 1. The largest absolute Gasteiger partial charge is 0.343 e. The Morgan fingerprint density at radius 2 is 2.00 bits per heavy atom. The van der Waals surface area contributed by atoms with Crippen molar-refractivity contribution in [1.82, 2.24) is 5.16 Å². The van der Waals surface area contributed by atoms with E-state index in [1.54, 1.807) is 12.1 Å². The Hall–Kier alpha value is -1.40. The molecule has 0 spiro atoms. The zero-order valence-corrected chi connectivity index (χ0v) is 10.0. The highest BCUT2D eigenvalue weighted by atomic mass is 79.9. The number of nitro groups is 1. The highest BCUT2D eigenvalue weighted by Crippen LogP contribution is 2.33. The second-order valence-electron chi connectivity index (χ2n) is 2.92. The summed E-state index contributed by atoms with van der Waals surface area (Å²) in [6, 6.07) is 5.95. The van der Waals surface area contributed by atoms with Crippen LogP contribution in [0.1, 0.15) is 0 Å². The number of nitrogens with zero attached hydrogens (tertiary/aromatic N) is 2. The molecular formula is C9H4BrClN2O3. The highest BCUT2D eigenvalue weighted by Gasteiger charge is 2.14. The number of hydrogen-bond donors (Lipinski definition) is 0. The molecule has 82 valence electrons. The number of halogens is 2. The molecule has 5 nitrogen and oxygen atoms in total. The topological polar surface area (TPSA) is 69.2 Å². The van der Waals surface area contributed by atoms with Crippen molar-refractivity contribution in [3.63, 3.8) is 0 Å². The minimum atomic E-state index is -0.464. The Balaban J connectivity index is 2.42. The average Bonchev–Trinajstić information content (AvgIpc) is 2.60. The molecule has 0 aliphatic carbocycles. The molecule has 0 bridgehead atoms. The van der Waals surface area contributed by atoms with Gasteiger partial charge >= 0.3 is 0 Å². The summed E-state index contributed by atoms with van der Waals surface area (Å²) in [4.78, 5) is 10.00. The molecule has 0 amide bonds. The third-order valence-electron chi connectivity index (χ3n) is 1.95. The van der Waals surface area contributed by atoms with Crippen LogP contribution in [0.15, 0.2) is 33.3 Å². The third kappa shape index (κ3) is 1.94. The summed E-state index contributed by atoms with van der Waals surface area (Å²) in [5.41, 5.74) is 1.22. The van der Waals surface area contributed by atoms with E-state index in [2.05, 4.69) is 21.1 Å². The molecule has 2 aromatic rings. The van der Waals surface area contributed by atoms with Gasteiger partial charge in [-0.25, -0.2) is 0 Å². The van der Waals surface area contributed by atoms with Gasteiger partial charge in [-0.3, -0.25) is 10.1 Å². The fourth-order valence-electron chi connectivity index (χ4n) is 1.18. The van der Waals surface area contributed by atoms with Crippen LogP contribution in [0.4, 0.5) is 5.69 Å². The Labute approximate surface area is 103 Å². The predicted molar refractivity (Wildman–Crippen MR) is 61.3 cm³/mol. The van der Waals surface area contributed by atoms with E-state index in [4.69, 9.17) is 16.1 Å². The van der Waals surface area contributed by atoms with Crippen LogP contribution >= 0.6 is 27.5 Å². The number of hydrogen-bond acceptors (Lipinski definition) is 4. The van der Waals surface area contributed by atoms with Crippen LogP contribution in [0.2, 0.25) is 5.22 Å². The van der Waals surface area contributed by atoms with E-state index in [1.807, 2.05) is 0 Å². The van der Waals surface area contributed by atoms with Crippen LogP contribution in [0.25, 0.3) is 11.3 Å². The van der Waals surface area contributed by atoms with Gasteiger partial charge in [-0.15, -0.1) is 0 Å². The number of nitro benzene ring substituents is 1. The zero-order valence-electron chi connectivity index (χ0n) is 7.68. The van der Waals surface area contributed by atoms with Gasteiger partial charge < -0.3 is 4.52 Å². The normalized spacial score (nSPS) is 10.4. The Bertz CT molecular complexity index is 538. The average molecular weight is 303 g/mol. The van der Waals surface area contributed by atoms with Crippen molar-refractivity contribution in [2.75, 3.05) is 0 Å². The fraction of sp³-hybridized carbons (Fsp3) is 0. The van der Waals surface area contributed by atoms with Crippen LogP contribution in [-0.4, -0.2) is 10.1 Å². The van der Waals surface area contributed by atoms with Crippen LogP contribution in [0, 0.1) is 10.1 Å². The van der Waals surface area contributed by atoms with Crippen molar-refractivity contribution < 1.29 is 9.45 Å². The number of aromatic nitrogens is 1. The molecule has 1 aromatic heterocycles. The molecule has 1 heterocycles. The van der Waals surface area contributed by atoms with E-state index < -0.39 is 4.92 Å². The molecule has 0 radical (unpaired) electrons. The molecule has 7 heteroatoms. The van der Waals surface area contributed by atoms with Gasteiger partial charge in [-0.2, -0.15) is 0 Å². The van der Waals surface area contributed by atoms with Crippen molar-refractivity contribution in [2.45, 2.75) is 0 Å². The van der Waals surface area contributed by atoms with Crippen LogP contribution in [-0.2, 0) is 0 Å². The van der Waals surface area contributed by atoms with E-state index >= 15 is 0 Å². The lowest BCUT2D eigenvalue weighted by molar-refractivity contribution is -0.384. The van der Waals surface area contributed by atoms with Gasteiger partial charge in [0.15, 0.2) is 0 Å². The first kappa shape index (κ1) is 11.1. The second-order valence-corrected chi connectivity index (χ2v) is 4.06. The Kier molecular flexibility index (Phi) is 2.93. The van der Waals surface area contributed by atoms with E-state index in [9.17, 15) is 10.1 Å². The van der Waals surface area contributed by atoms with Gasteiger partial charge in [0.1, 0.15) is 10.2 Å². The molecule has 16 heavy (non-hydrogen) atoms. The smallest absolute Gasteiger partial charge is 0.269 e. The lowest BCUT2D eigenvalue weighted by Crippen LogP contribution is -1.87. The summed E-state index contributed by atoms with van der Waals surface area (Å²) in [5.74, 6) is 0. The third-order valence-corrected chi connectivity index (χ3v) is 3.17. The first-order valence-electron chi connectivity index (χ1n) is 4.15. The molecule has 0 N–H and O–H groups in total. The molecule has 0 aliphatic heterocycles. The van der Waals surface area contributed by atoms with Crippen LogP contribution in [0.5, 0.6) is 0 Å². The molecule has 0 saturated carbocycles. The van der Waals surface area contributed by atoms with Gasteiger partial charge in [0.2, 0.25) is 5.22 Å².